The van der Waals surface area contributed by atoms with Gasteiger partial charge in [0.25, 0.3) is 11.8 Å². The summed E-state index contributed by atoms with van der Waals surface area (Å²) < 4.78 is 5.00. The number of nitrogens with one attached hydrogen (secondary N) is 1. The average Bonchev–Trinajstić information content (AvgIpc) is 3.31. The maximum Gasteiger partial charge on any atom is 0.257 e. The van der Waals surface area contributed by atoms with Crippen LogP contribution in [0.1, 0.15) is 39.3 Å². The number of aromatic nitrogens is 2. The van der Waals surface area contributed by atoms with Crippen LogP contribution >= 0.6 is 27.5 Å². The zero-order valence-corrected chi connectivity index (χ0v) is 17.1. The number of likely N-dealkylation sites (tertiary alicyclic amines) is 1. The Morgan fingerprint density at radius 3 is 2.70 bits per heavy atom. The van der Waals surface area contributed by atoms with Gasteiger partial charge in [0.2, 0.25) is 0 Å². The molecule has 0 radical (unpaired) electrons. The second-order valence-corrected chi connectivity index (χ2v) is 8.19. The van der Waals surface area contributed by atoms with Gasteiger partial charge in [-0.1, -0.05) is 15.9 Å². The second kappa shape index (κ2) is 7.36. The zero-order chi connectivity index (χ0) is 19.0. The van der Waals surface area contributed by atoms with Gasteiger partial charge < -0.3 is 10.2 Å². The summed E-state index contributed by atoms with van der Waals surface area (Å²) >= 11 is 4.75. The molecule has 2 aromatic heterocycles. The number of rotatable bonds is 3. The van der Waals surface area contributed by atoms with E-state index >= 15 is 0 Å². The summed E-state index contributed by atoms with van der Waals surface area (Å²) in [4.78, 5) is 32.3. The van der Waals surface area contributed by atoms with Crippen LogP contribution in [-0.4, -0.2) is 39.2 Å². The van der Waals surface area contributed by atoms with E-state index in [0.717, 1.165) is 46.3 Å². The summed E-state index contributed by atoms with van der Waals surface area (Å²) in [6.45, 7) is 3.46. The van der Waals surface area contributed by atoms with Crippen molar-refractivity contribution in [2.24, 2.45) is 0 Å². The topological polar surface area (TPSA) is 75.2 Å². The number of hydrogen-bond acceptors (Lipinski definition) is 5. The van der Waals surface area contributed by atoms with Crippen LogP contribution in [0.2, 0.25) is 0 Å². The number of benzene rings is 1. The highest BCUT2D eigenvalue weighted by Gasteiger charge is 2.20. The molecule has 0 spiro atoms. The van der Waals surface area contributed by atoms with Gasteiger partial charge >= 0.3 is 0 Å². The molecule has 1 aromatic carbocycles. The van der Waals surface area contributed by atoms with E-state index in [0.29, 0.717) is 16.8 Å². The van der Waals surface area contributed by atoms with Crippen molar-refractivity contribution in [1.29, 1.82) is 0 Å². The normalized spacial score (nSPS) is 13.9. The van der Waals surface area contributed by atoms with E-state index in [2.05, 4.69) is 30.6 Å². The SMILES string of the molecule is Cc1nsc2ncc(C(=O)Nc3cc(Br)cc(C(=O)N4CCCC4)c3)cc12. The fraction of sp³-hybridized carbons (Fsp3) is 0.263. The summed E-state index contributed by atoms with van der Waals surface area (Å²) in [5, 5.41) is 3.75. The number of anilines is 1. The van der Waals surface area contributed by atoms with E-state index in [-0.39, 0.29) is 11.8 Å². The third kappa shape index (κ3) is 3.72. The van der Waals surface area contributed by atoms with Crippen LogP contribution in [0.15, 0.2) is 34.9 Å². The Morgan fingerprint density at radius 2 is 1.93 bits per heavy atom. The summed E-state index contributed by atoms with van der Waals surface area (Å²) in [5.74, 6) is -0.278. The summed E-state index contributed by atoms with van der Waals surface area (Å²) in [6, 6.07) is 7.07. The lowest BCUT2D eigenvalue weighted by molar-refractivity contribution is 0.0792. The molecule has 3 heterocycles. The molecule has 1 aliphatic rings. The van der Waals surface area contributed by atoms with Crippen LogP contribution in [0.3, 0.4) is 0 Å². The van der Waals surface area contributed by atoms with Crippen LogP contribution < -0.4 is 5.32 Å². The number of fused-ring (bicyclic) bond motifs is 1. The standard InChI is InChI=1S/C19H17BrN4O2S/c1-11-16-8-13(10-21-18(16)27-23-11)17(25)22-15-7-12(6-14(20)9-15)19(26)24-4-2-3-5-24/h6-10H,2-5H2,1H3,(H,22,25). The molecule has 27 heavy (non-hydrogen) atoms. The van der Waals surface area contributed by atoms with Crippen LogP contribution in [-0.2, 0) is 0 Å². The first-order valence-electron chi connectivity index (χ1n) is 8.64. The van der Waals surface area contributed by atoms with E-state index in [1.54, 1.807) is 30.5 Å². The fourth-order valence-corrected chi connectivity index (χ4v) is 4.38. The van der Waals surface area contributed by atoms with Gasteiger partial charge in [-0.05, 0) is 55.6 Å². The number of halogens is 1. The Morgan fingerprint density at radius 1 is 1.15 bits per heavy atom. The third-order valence-electron chi connectivity index (χ3n) is 4.57. The van der Waals surface area contributed by atoms with Gasteiger partial charge in [-0.15, -0.1) is 0 Å². The van der Waals surface area contributed by atoms with Crippen molar-refractivity contribution >= 4 is 55.2 Å². The predicted molar refractivity (Wildman–Crippen MR) is 109 cm³/mol. The molecule has 1 fully saturated rings. The summed E-state index contributed by atoms with van der Waals surface area (Å²) in [7, 11) is 0. The minimum absolute atomic E-state index is 0.00708. The molecule has 0 atom stereocenters. The lowest BCUT2D eigenvalue weighted by atomic mass is 10.1. The number of carbonyl (C=O) groups excluding carboxylic acids is 2. The number of amides is 2. The third-order valence-corrected chi connectivity index (χ3v) is 5.89. The van der Waals surface area contributed by atoms with E-state index in [4.69, 9.17) is 0 Å². The maximum atomic E-state index is 12.7. The molecule has 2 amide bonds. The number of pyridine rings is 1. The molecular weight excluding hydrogens is 428 g/mol. The Bertz CT molecular complexity index is 1040. The number of nitrogens with zero attached hydrogens (tertiary/aromatic N) is 3. The van der Waals surface area contributed by atoms with Gasteiger partial charge in [0.1, 0.15) is 4.83 Å². The van der Waals surface area contributed by atoms with Crippen molar-refractivity contribution in [3.05, 3.63) is 51.8 Å². The lowest BCUT2D eigenvalue weighted by Gasteiger charge is -2.16. The first-order chi connectivity index (χ1) is 13.0. The highest BCUT2D eigenvalue weighted by molar-refractivity contribution is 9.10. The van der Waals surface area contributed by atoms with Gasteiger partial charge in [-0.25, -0.2) is 4.98 Å². The smallest absolute Gasteiger partial charge is 0.257 e. The van der Waals surface area contributed by atoms with Gasteiger partial charge in [-0.2, -0.15) is 4.37 Å². The first kappa shape index (κ1) is 18.1. The minimum Gasteiger partial charge on any atom is -0.339 e. The van der Waals surface area contributed by atoms with Crippen LogP contribution in [0.4, 0.5) is 5.69 Å². The van der Waals surface area contributed by atoms with Crippen molar-refractivity contribution in [1.82, 2.24) is 14.3 Å². The zero-order valence-electron chi connectivity index (χ0n) is 14.7. The van der Waals surface area contributed by atoms with Crippen LogP contribution in [0.5, 0.6) is 0 Å². The van der Waals surface area contributed by atoms with E-state index in [9.17, 15) is 9.59 Å². The largest absolute Gasteiger partial charge is 0.339 e. The molecule has 0 aliphatic carbocycles. The van der Waals surface area contributed by atoms with Crippen molar-refractivity contribution in [3.63, 3.8) is 0 Å². The van der Waals surface area contributed by atoms with E-state index in [1.165, 1.54) is 11.5 Å². The number of aryl methyl sites for hydroxylation is 1. The summed E-state index contributed by atoms with van der Waals surface area (Å²) in [6.07, 6.45) is 3.62. The first-order valence-corrected chi connectivity index (χ1v) is 10.2. The second-order valence-electron chi connectivity index (χ2n) is 6.53. The molecule has 3 aromatic rings. The van der Waals surface area contributed by atoms with Gasteiger partial charge in [-0.3, -0.25) is 9.59 Å². The molecule has 0 bridgehead atoms. The van der Waals surface area contributed by atoms with Crippen molar-refractivity contribution in [2.75, 3.05) is 18.4 Å². The van der Waals surface area contributed by atoms with Crippen molar-refractivity contribution in [2.45, 2.75) is 19.8 Å². The molecule has 1 N–H and O–H groups in total. The molecule has 138 valence electrons. The molecular formula is C19H17BrN4O2S. The fourth-order valence-electron chi connectivity index (χ4n) is 3.16. The Kier molecular flexibility index (Phi) is 4.92. The predicted octanol–water partition coefficient (Wildman–Crippen LogP) is 4.25. The molecule has 6 nitrogen and oxygen atoms in total. The van der Waals surface area contributed by atoms with Gasteiger partial charge in [0.15, 0.2) is 0 Å². The molecule has 4 rings (SSSR count). The number of hydrogen-bond donors (Lipinski definition) is 1. The minimum atomic E-state index is -0.271. The van der Waals surface area contributed by atoms with Gasteiger partial charge in [0, 0.05) is 40.4 Å². The highest BCUT2D eigenvalue weighted by atomic mass is 79.9. The monoisotopic (exact) mass is 444 g/mol. The number of carbonyl (C=O) groups is 2. The quantitative estimate of drug-likeness (QED) is 0.654. The Balaban J connectivity index is 1.58. The Hall–Kier alpha value is -2.32. The molecule has 1 saturated heterocycles. The summed E-state index contributed by atoms with van der Waals surface area (Å²) in [5.41, 5.74) is 2.45. The highest BCUT2D eigenvalue weighted by Crippen LogP contribution is 2.24. The van der Waals surface area contributed by atoms with Crippen molar-refractivity contribution in [3.8, 4) is 0 Å². The molecule has 0 saturated carbocycles. The Labute approximate surface area is 168 Å². The maximum absolute atomic E-state index is 12.7. The van der Waals surface area contributed by atoms with Crippen LogP contribution in [0.25, 0.3) is 10.2 Å². The van der Waals surface area contributed by atoms with Gasteiger partial charge in [0.05, 0.1) is 11.3 Å². The molecule has 0 unspecified atom stereocenters. The lowest BCUT2D eigenvalue weighted by Crippen LogP contribution is -2.27. The van der Waals surface area contributed by atoms with Crippen molar-refractivity contribution < 1.29 is 9.59 Å². The molecule has 8 heteroatoms. The van der Waals surface area contributed by atoms with Crippen LogP contribution in [0, 0.1) is 6.92 Å². The molecule has 1 aliphatic heterocycles. The average molecular weight is 445 g/mol. The van der Waals surface area contributed by atoms with E-state index < -0.39 is 0 Å². The van der Waals surface area contributed by atoms with E-state index in [1.807, 2.05) is 11.8 Å².